The van der Waals surface area contributed by atoms with Gasteiger partial charge in [-0.15, -0.1) is 11.3 Å². The summed E-state index contributed by atoms with van der Waals surface area (Å²) in [5.41, 5.74) is 1.35. The molecule has 2 aromatic rings. The van der Waals surface area contributed by atoms with Crippen molar-refractivity contribution in [3.63, 3.8) is 0 Å². The summed E-state index contributed by atoms with van der Waals surface area (Å²) in [6, 6.07) is 3.42. The lowest BCUT2D eigenvalue weighted by Crippen LogP contribution is -2.40. The van der Waals surface area contributed by atoms with Crippen LogP contribution in [0.2, 0.25) is 0 Å². The van der Waals surface area contributed by atoms with Crippen molar-refractivity contribution in [2.45, 2.75) is 25.3 Å². The van der Waals surface area contributed by atoms with Crippen LogP contribution in [0.3, 0.4) is 0 Å². The predicted octanol–water partition coefficient (Wildman–Crippen LogP) is 2.28. The number of carboxylic acid groups (broad SMARTS) is 1. The zero-order valence-corrected chi connectivity index (χ0v) is 11.5. The summed E-state index contributed by atoms with van der Waals surface area (Å²) < 4.78 is 0.957. The number of carbonyl (C=O) groups is 2. The van der Waals surface area contributed by atoms with Gasteiger partial charge in [0.15, 0.2) is 0 Å². The Morgan fingerprint density at radius 2 is 2.25 bits per heavy atom. The summed E-state index contributed by atoms with van der Waals surface area (Å²) in [6.07, 6.45) is 3.72. The van der Waals surface area contributed by atoms with Gasteiger partial charge in [-0.05, 0) is 30.4 Å². The van der Waals surface area contributed by atoms with Gasteiger partial charge in [0.1, 0.15) is 0 Å². The van der Waals surface area contributed by atoms with Crippen LogP contribution in [0, 0.1) is 5.92 Å². The topological polar surface area (TPSA) is 79.3 Å². The van der Waals surface area contributed by atoms with Crippen LogP contribution < -0.4 is 5.32 Å². The second-order valence-corrected chi connectivity index (χ2v) is 5.93. The summed E-state index contributed by atoms with van der Waals surface area (Å²) in [4.78, 5) is 27.5. The number of fused-ring (bicyclic) bond motifs is 1. The highest BCUT2D eigenvalue weighted by Gasteiger charge is 2.34. The van der Waals surface area contributed by atoms with Crippen LogP contribution in [0.4, 0.5) is 0 Å². The molecule has 3 rings (SSSR count). The number of aliphatic carboxylic acids is 1. The maximum absolute atomic E-state index is 12.2. The smallest absolute Gasteiger partial charge is 0.308 e. The summed E-state index contributed by atoms with van der Waals surface area (Å²) >= 11 is 1.53. The number of carboxylic acids is 1. The number of rotatable bonds is 3. The normalized spacial score (nSPS) is 22.0. The van der Waals surface area contributed by atoms with Gasteiger partial charge >= 0.3 is 5.97 Å². The molecule has 2 aromatic heterocycles. The maximum atomic E-state index is 12.2. The molecular weight excluding hydrogens is 276 g/mol. The molecule has 0 aromatic carbocycles. The van der Waals surface area contributed by atoms with E-state index in [0.717, 1.165) is 23.1 Å². The second-order valence-electron chi connectivity index (χ2n) is 4.98. The summed E-state index contributed by atoms with van der Waals surface area (Å²) in [7, 11) is 0. The van der Waals surface area contributed by atoms with E-state index in [0.29, 0.717) is 12.0 Å². The van der Waals surface area contributed by atoms with E-state index in [4.69, 9.17) is 5.11 Å². The summed E-state index contributed by atoms with van der Waals surface area (Å²) in [6.45, 7) is 0. The highest BCUT2D eigenvalue weighted by atomic mass is 32.1. The van der Waals surface area contributed by atoms with Gasteiger partial charge in [-0.25, -0.2) is 0 Å². The largest absolute Gasteiger partial charge is 0.481 e. The van der Waals surface area contributed by atoms with Crippen molar-refractivity contribution >= 4 is 33.4 Å². The quantitative estimate of drug-likeness (QED) is 0.909. The minimum Gasteiger partial charge on any atom is -0.481 e. The fourth-order valence-electron chi connectivity index (χ4n) is 2.65. The van der Waals surface area contributed by atoms with Crippen LogP contribution in [-0.4, -0.2) is 28.0 Å². The summed E-state index contributed by atoms with van der Waals surface area (Å²) in [5, 5.41) is 13.9. The Balaban J connectivity index is 1.77. The van der Waals surface area contributed by atoms with E-state index >= 15 is 0 Å². The average molecular weight is 290 g/mol. The van der Waals surface area contributed by atoms with Crippen molar-refractivity contribution in [3.05, 3.63) is 29.3 Å². The fourth-order valence-corrected chi connectivity index (χ4v) is 3.43. The Bertz CT molecular complexity index is 667. The van der Waals surface area contributed by atoms with Gasteiger partial charge in [0, 0.05) is 12.2 Å². The number of hydrogen-bond donors (Lipinski definition) is 2. The predicted molar refractivity (Wildman–Crippen MR) is 75.9 cm³/mol. The van der Waals surface area contributed by atoms with Gasteiger partial charge in [0.25, 0.3) is 5.91 Å². The Kier molecular flexibility index (Phi) is 3.40. The minimum absolute atomic E-state index is 0.244. The number of pyridine rings is 1. The van der Waals surface area contributed by atoms with Gasteiger partial charge in [-0.3, -0.25) is 14.6 Å². The van der Waals surface area contributed by atoms with Gasteiger partial charge in [-0.1, -0.05) is 6.42 Å². The van der Waals surface area contributed by atoms with Crippen molar-refractivity contribution in [2.75, 3.05) is 0 Å². The van der Waals surface area contributed by atoms with E-state index in [9.17, 15) is 9.59 Å². The van der Waals surface area contributed by atoms with E-state index in [1.807, 2.05) is 11.4 Å². The molecule has 2 N–H and O–H groups in total. The highest BCUT2D eigenvalue weighted by Crippen LogP contribution is 2.26. The molecule has 1 aliphatic carbocycles. The first-order chi connectivity index (χ1) is 9.65. The van der Waals surface area contributed by atoms with Gasteiger partial charge in [0.2, 0.25) is 0 Å². The zero-order valence-electron chi connectivity index (χ0n) is 10.7. The van der Waals surface area contributed by atoms with E-state index in [-0.39, 0.29) is 11.9 Å². The number of nitrogens with one attached hydrogen (secondary N) is 1. The zero-order chi connectivity index (χ0) is 14.1. The molecule has 0 unspecified atom stereocenters. The molecule has 0 spiro atoms. The van der Waals surface area contributed by atoms with Crippen molar-refractivity contribution in [1.29, 1.82) is 0 Å². The maximum Gasteiger partial charge on any atom is 0.308 e. The molecule has 104 valence electrons. The van der Waals surface area contributed by atoms with Crippen molar-refractivity contribution in [3.8, 4) is 0 Å². The van der Waals surface area contributed by atoms with Crippen molar-refractivity contribution in [2.24, 2.45) is 5.92 Å². The molecule has 20 heavy (non-hydrogen) atoms. The number of carbonyl (C=O) groups excluding carboxylic acids is 1. The molecule has 0 radical (unpaired) electrons. The molecule has 1 amide bonds. The first-order valence-electron chi connectivity index (χ1n) is 6.52. The number of nitrogens with zero attached hydrogens (tertiary/aromatic N) is 1. The minimum atomic E-state index is -0.834. The second kappa shape index (κ2) is 5.20. The Morgan fingerprint density at radius 1 is 1.40 bits per heavy atom. The Labute approximate surface area is 119 Å². The van der Waals surface area contributed by atoms with Crippen LogP contribution in [0.15, 0.2) is 23.7 Å². The standard InChI is InChI=1S/C14H14N2O3S/c17-13(16-10-3-1-2-9(10)14(18)19)8-6-12-11(15-7-8)4-5-20-12/h4-7,9-10H,1-3H2,(H,16,17)(H,18,19)/t9-,10+/m1/s1. The number of aromatic nitrogens is 1. The lowest BCUT2D eigenvalue weighted by atomic mass is 10.0. The molecule has 1 saturated carbocycles. The van der Waals surface area contributed by atoms with E-state index in [1.54, 1.807) is 6.07 Å². The lowest BCUT2D eigenvalue weighted by molar-refractivity contribution is -0.142. The van der Waals surface area contributed by atoms with Gasteiger partial charge in [0.05, 0.1) is 21.7 Å². The first-order valence-corrected chi connectivity index (χ1v) is 7.40. The van der Waals surface area contributed by atoms with Crippen LogP contribution in [0.1, 0.15) is 29.6 Å². The lowest BCUT2D eigenvalue weighted by Gasteiger charge is -2.17. The average Bonchev–Trinajstić information content (AvgIpc) is 3.05. The Hall–Kier alpha value is -1.95. The van der Waals surface area contributed by atoms with Crippen LogP contribution in [0.5, 0.6) is 0 Å². The van der Waals surface area contributed by atoms with E-state index < -0.39 is 11.9 Å². The molecule has 2 atom stereocenters. The molecule has 1 fully saturated rings. The molecule has 1 aliphatic rings. The third-order valence-electron chi connectivity index (χ3n) is 3.71. The van der Waals surface area contributed by atoms with Crippen LogP contribution in [-0.2, 0) is 4.79 Å². The van der Waals surface area contributed by atoms with Gasteiger partial charge < -0.3 is 10.4 Å². The molecule has 6 heteroatoms. The highest BCUT2D eigenvalue weighted by molar-refractivity contribution is 7.17. The molecule has 0 saturated heterocycles. The number of amides is 1. The third-order valence-corrected chi connectivity index (χ3v) is 4.57. The SMILES string of the molecule is O=C(N[C@H]1CCC[C@H]1C(=O)O)c1cnc2ccsc2c1. The van der Waals surface area contributed by atoms with Crippen molar-refractivity contribution in [1.82, 2.24) is 10.3 Å². The molecule has 5 nitrogen and oxygen atoms in total. The van der Waals surface area contributed by atoms with Crippen molar-refractivity contribution < 1.29 is 14.7 Å². The van der Waals surface area contributed by atoms with E-state index in [1.165, 1.54) is 17.5 Å². The first kappa shape index (κ1) is 13.1. The molecule has 0 bridgehead atoms. The Morgan fingerprint density at radius 3 is 3.05 bits per heavy atom. The number of thiophene rings is 1. The fraction of sp³-hybridized carbons (Fsp3) is 0.357. The number of hydrogen-bond acceptors (Lipinski definition) is 4. The monoisotopic (exact) mass is 290 g/mol. The molecular formula is C14H14N2O3S. The molecule has 0 aliphatic heterocycles. The third kappa shape index (κ3) is 2.38. The van der Waals surface area contributed by atoms with E-state index in [2.05, 4.69) is 10.3 Å². The van der Waals surface area contributed by atoms with Gasteiger partial charge in [-0.2, -0.15) is 0 Å². The summed E-state index contributed by atoms with van der Waals surface area (Å²) in [5.74, 6) is -1.55. The van der Waals surface area contributed by atoms with Crippen LogP contribution in [0.25, 0.3) is 10.2 Å². The molecule has 2 heterocycles. The van der Waals surface area contributed by atoms with Crippen LogP contribution >= 0.6 is 11.3 Å².